The van der Waals surface area contributed by atoms with Crippen LogP contribution in [0.3, 0.4) is 0 Å². The van der Waals surface area contributed by atoms with E-state index in [4.69, 9.17) is 5.11 Å². The van der Waals surface area contributed by atoms with Crippen LogP contribution in [0.15, 0.2) is 30.5 Å². The first-order chi connectivity index (χ1) is 13.6. The van der Waals surface area contributed by atoms with Gasteiger partial charge >= 0.3 is 5.97 Å². The van der Waals surface area contributed by atoms with Crippen molar-refractivity contribution in [2.75, 3.05) is 22.9 Å². The van der Waals surface area contributed by atoms with Crippen LogP contribution in [0.1, 0.15) is 12.0 Å². The van der Waals surface area contributed by atoms with Gasteiger partial charge in [-0.1, -0.05) is 23.5 Å². The minimum absolute atomic E-state index is 0.302. The summed E-state index contributed by atoms with van der Waals surface area (Å²) >= 11 is 1.53. The molecule has 2 aromatic heterocycles. The molecule has 0 saturated carbocycles. The molecule has 0 unspecified atom stereocenters. The number of aryl methyl sites for hydroxylation is 1. The Labute approximate surface area is 165 Å². The number of aromatic nitrogens is 5. The van der Waals surface area contributed by atoms with Crippen LogP contribution in [-0.2, 0) is 11.3 Å². The first-order valence-corrected chi connectivity index (χ1v) is 9.94. The second kappa shape index (κ2) is 6.55. The maximum atomic E-state index is 10.8. The van der Waals surface area contributed by atoms with Gasteiger partial charge in [0.2, 0.25) is 5.82 Å². The van der Waals surface area contributed by atoms with Crippen LogP contribution in [0.5, 0.6) is 0 Å². The second-order valence-electron chi connectivity index (χ2n) is 7.23. The fourth-order valence-electron chi connectivity index (χ4n) is 4.06. The molecule has 4 heterocycles. The standard InChI is InChI=1S/C18H19N7O2S/c1-11-3-2-4-12(5-11)23-8-14-6-13(23)9-24(14)18-19-7-15(28-18)17-20-22-25(21-17)10-16(26)27/h2-5,7,13-14H,6,8-10H2,1H3,(H,26,27)/t13-,14-/m1/s1. The number of thiazole rings is 1. The van der Waals surface area contributed by atoms with E-state index in [1.807, 2.05) is 0 Å². The van der Waals surface area contributed by atoms with Crippen molar-refractivity contribution in [1.82, 2.24) is 25.2 Å². The van der Waals surface area contributed by atoms with Crippen molar-refractivity contribution >= 4 is 28.1 Å². The number of fused-ring (bicyclic) bond motifs is 2. The van der Waals surface area contributed by atoms with Crippen molar-refractivity contribution in [2.24, 2.45) is 0 Å². The number of hydrogen-bond donors (Lipinski definition) is 1. The molecule has 2 aliphatic heterocycles. The van der Waals surface area contributed by atoms with Gasteiger partial charge in [0, 0.05) is 24.8 Å². The third-order valence-corrected chi connectivity index (χ3v) is 6.29. The topological polar surface area (TPSA) is 100 Å². The molecule has 1 aromatic carbocycles. The molecule has 1 N–H and O–H groups in total. The number of benzene rings is 1. The zero-order valence-corrected chi connectivity index (χ0v) is 16.1. The van der Waals surface area contributed by atoms with Gasteiger partial charge in [0.15, 0.2) is 11.7 Å². The highest BCUT2D eigenvalue weighted by Crippen LogP contribution is 2.40. The summed E-state index contributed by atoms with van der Waals surface area (Å²) in [5.74, 6) is -0.587. The van der Waals surface area contributed by atoms with E-state index in [2.05, 4.69) is 61.4 Å². The Morgan fingerprint density at radius 3 is 2.86 bits per heavy atom. The first kappa shape index (κ1) is 17.1. The molecular formula is C18H19N7O2S. The molecular weight excluding hydrogens is 378 g/mol. The number of hydrogen-bond acceptors (Lipinski definition) is 8. The van der Waals surface area contributed by atoms with Crippen molar-refractivity contribution in [3.8, 4) is 10.7 Å². The molecule has 2 aliphatic rings. The molecule has 10 heteroatoms. The number of piperazine rings is 1. The molecule has 9 nitrogen and oxygen atoms in total. The normalized spacial score (nSPS) is 20.9. The molecule has 28 heavy (non-hydrogen) atoms. The summed E-state index contributed by atoms with van der Waals surface area (Å²) in [4.78, 5) is 22.1. The number of carboxylic acids is 1. The van der Waals surface area contributed by atoms with Gasteiger partial charge in [0.1, 0.15) is 0 Å². The van der Waals surface area contributed by atoms with E-state index in [0.29, 0.717) is 17.9 Å². The minimum atomic E-state index is -1.000. The molecule has 2 bridgehead atoms. The van der Waals surface area contributed by atoms with Gasteiger partial charge in [-0.25, -0.2) is 4.98 Å². The number of tetrazole rings is 1. The van der Waals surface area contributed by atoms with Gasteiger partial charge in [0.05, 0.1) is 17.1 Å². The van der Waals surface area contributed by atoms with Gasteiger partial charge in [-0.05, 0) is 36.3 Å². The molecule has 0 amide bonds. The van der Waals surface area contributed by atoms with Crippen LogP contribution in [0.4, 0.5) is 10.8 Å². The van der Waals surface area contributed by atoms with Crippen molar-refractivity contribution in [1.29, 1.82) is 0 Å². The summed E-state index contributed by atoms with van der Waals surface area (Å²) in [6, 6.07) is 9.62. The van der Waals surface area contributed by atoms with Gasteiger partial charge < -0.3 is 14.9 Å². The maximum absolute atomic E-state index is 10.8. The lowest BCUT2D eigenvalue weighted by atomic mass is 10.2. The third-order valence-electron chi connectivity index (χ3n) is 5.26. The Balaban J connectivity index is 1.30. The van der Waals surface area contributed by atoms with Crippen molar-refractivity contribution in [3.05, 3.63) is 36.0 Å². The SMILES string of the molecule is Cc1cccc(N2C[C@H]3C[C@@H]2CN3c2ncc(-c3nnn(CC(=O)O)n3)s2)c1. The molecule has 0 spiro atoms. The Morgan fingerprint density at radius 1 is 1.29 bits per heavy atom. The molecule has 144 valence electrons. The number of carbonyl (C=O) groups is 1. The van der Waals surface area contributed by atoms with Gasteiger partial charge in [-0.3, -0.25) is 4.79 Å². The summed E-state index contributed by atoms with van der Waals surface area (Å²) in [7, 11) is 0. The van der Waals surface area contributed by atoms with Crippen LogP contribution in [0.2, 0.25) is 0 Å². The lowest BCUT2D eigenvalue weighted by molar-refractivity contribution is -0.138. The minimum Gasteiger partial charge on any atom is -0.480 e. The Bertz CT molecular complexity index is 1030. The number of nitrogens with zero attached hydrogens (tertiary/aromatic N) is 7. The largest absolute Gasteiger partial charge is 0.480 e. The highest BCUT2D eigenvalue weighted by atomic mass is 32.1. The molecule has 5 rings (SSSR count). The lowest BCUT2D eigenvalue weighted by Crippen LogP contribution is -2.46. The molecule has 0 aliphatic carbocycles. The van der Waals surface area contributed by atoms with E-state index >= 15 is 0 Å². The zero-order chi connectivity index (χ0) is 19.3. The summed E-state index contributed by atoms with van der Waals surface area (Å²) in [6.07, 6.45) is 2.88. The van der Waals surface area contributed by atoms with Crippen molar-refractivity contribution < 1.29 is 9.90 Å². The van der Waals surface area contributed by atoms with Gasteiger partial charge in [-0.15, -0.1) is 10.2 Å². The zero-order valence-electron chi connectivity index (χ0n) is 15.3. The van der Waals surface area contributed by atoms with Crippen LogP contribution >= 0.6 is 11.3 Å². The number of aliphatic carboxylic acids is 1. The Kier molecular flexibility index (Phi) is 4.00. The Hall–Kier alpha value is -3.01. The second-order valence-corrected chi connectivity index (χ2v) is 8.24. The van der Waals surface area contributed by atoms with E-state index in [-0.39, 0.29) is 6.54 Å². The molecule has 2 atom stereocenters. The number of anilines is 2. The summed E-state index contributed by atoms with van der Waals surface area (Å²) in [5, 5.41) is 21.6. The summed E-state index contributed by atoms with van der Waals surface area (Å²) in [5.41, 5.74) is 2.58. The van der Waals surface area contributed by atoms with E-state index in [1.54, 1.807) is 6.20 Å². The quantitative estimate of drug-likeness (QED) is 0.694. The predicted molar refractivity (Wildman–Crippen MR) is 105 cm³/mol. The summed E-state index contributed by atoms with van der Waals surface area (Å²) < 4.78 is 0. The third kappa shape index (κ3) is 2.99. The maximum Gasteiger partial charge on any atom is 0.327 e. The van der Waals surface area contributed by atoms with Crippen molar-refractivity contribution in [3.63, 3.8) is 0 Å². The average molecular weight is 397 g/mol. The van der Waals surface area contributed by atoms with Crippen LogP contribution < -0.4 is 9.80 Å². The van der Waals surface area contributed by atoms with E-state index < -0.39 is 5.97 Å². The van der Waals surface area contributed by atoms with E-state index in [0.717, 1.165) is 34.3 Å². The first-order valence-electron chi connectivity index (χ1n) is 9.12. The fourth-order valence-corrected chi connectivity index (χ4v) is 4.98. The van der Waals surface area contributed by atoms with Gasteiger partial charge in [0.25, 0.3) is 0 Å². The molecule has 2 saturated heterocycles. The smallest absolute Gasteiger partial charge is 0.327 e. The Morgan fingerprint density at radius 2 is 2.11 bits per heavy atom. The summed E-state index contributed by atoms with van der Waals surface area (Å²) in [6.45, 7) is 3.77. The van der Waals surface area contributed by atoms with Gasteiger partial charge in [-0.2, -0.15) is 4.80 Å². The highest BCUT2D eigenvalue weighted by molar-refractivity contribution is 7.18. The number of carboxylic acid groups (broad SMARTS) is 1. The molecule has 0 radical (unpaired) electrons. The fraction of sp³-hybridized carbons (Fsp3) is 0.389. The molecule has 3 aromatic rings. The van der Waals surface area contributed by atoms with E-state index in [1.165, 1.54) is 22.6 Å². The highest BCUT2D eigenvalue weighted by Gasteiger charge is 2.44. The van der Waals surface area contributed by atoms with Crippen LogP contribution in [-0.4, -0.2) is 61.4 Å². The van der Waals surface area contributed by atoms with Crippen molar-refractivity contribution in [2.45, 2.75) is 32.0 Å². The monoisotopic (exact) mass is 397 g/mol. The van der Waals surface area contributed by atoms with Crippen LogP contribution in [0.25, 0.3) is 10.7 Å². The number of rotatable bonds is 5. The molecule has 2 fully saturated rings. The predicted octanol–water partition coefficient (Wildman–Crippen LogP) is 1.66. The lowest BCUT2D eigenvalue weighted by Gasteiger charge is -2.35. The van der Waals surface area contributed by atoms with Crippen LogP contribution in [0, 0.1) is 6.92 Å². The van der Waals surface area contributed by atoms with E-state index in [9.17, 15) is 4.79 Å². The average Bonchev–Trinajstić information content (AvgIpc) is 3.43.